The number of fused-ring (bicyclic) bond motifs is 3. The van der Waals surface area contributed by atoms with Gasteiger partial charge in [0.2, 0.25) is 0 Å². The zero-order chi connectivity index (χ0) is 19.3. The fourth-order valence-electron chi connectivity index (χ4n) is 8.06. The molecular formula is C24H28O4. The van der Waals surface area contributed by atoms with E-state index in [-0.39, 0.29) is 22.1 Å². The molecule has 4 heteroatoms. The molecule has 0 amide bonds. The van der Waals surface area contributed by atoms with E-state index in [1.807, 2.05) is 12.1 Å². The number of allylic oxidation sites excluding steroid dienone is 1. The van der Waals surface area contributed by atoms with E-state index in [4.69, 9.17) is 9.15 Å². The summed E-state index contributed by atoms with van der Waals surface area (Å²) in [5.41, 5.74) is 2.52. The first-order valence-corrected chi connectivity index (χ1v) is 10.9. The normalized spacial score (nSPS) is 48.8. The highest BCUT2D eigenvalue weighted by Gasteiger charge is 2.80. The molecule has 0 bridgehead atoms. The summed E-state index contributed by atoms with van der Waals surface area (Å²) in [5, 5.41) is 0. The minimum atomic E-state index is -0.280. The van der Waals surface area contributed by atoms with Crippen LogP contribution in [0.1, 0.15) is 70.3 Å². The molecule has 4 aliphatic carbocycles. The van der Waals surface area contributed by atoms with Crippen LogP contribution < -0.4 is 5.63 Å². The molecule has 7 unspecified atom stereocenters. The predicted molar refractivity (Wildman–Crippen MR) is 104 cm³/mol. The van der Waals surface area contributed by atoms with Gasteiger partial charge in [0, 0.05) is 17.9 Å². The van der Waals surface area contributed by atoms with Crippen molar-refractivity contribution in [1.29, 1.82) is 0 Å². The van der Waals surface area contributed by atoms with Crippen molar-refractivity contribution in [2.45, 2.75) is 76.4 Å². The molecule has 1 aromatic rings. The highest BCUT2D eigenvalue weighted by molar-refractivity contribution is 5.91. The van der Waals surface area contributed by atoms with E-state index in [0.29, 0.717) is 36.1 Å². The van der Waals surface area contributed by atoms with Crippen LogP contribution in [0.4, 0.5) is 0 Å². The number of hydrogen-bond acceptors (Lipinski definition) is 4. The number of carbonyl (C=O) groups excluding carboxylic acids is 1. The highest BCUT2D eigenvalue weighted by atomic mass is 16.6. The van der Waals surface area contributed by atoms with Gasteiger partial charge in [-0.2, -0.15) is 0 Å². The van der Waals surface area contributed by atoms with Crippen LogP contribution in [0.15, 0.2) is 39.3 Å². The summed E-state index contributed by atoms with van der Waals surface area (Å²) in [6.07, 6.45) is 11.3. The van der Waals surface area contributed by atoms with E-state index in [1.165, 1.54) is 12.0 Å². The fraction of sp³-hybridized carbons (Fsp3) is 0.667. The van der Waals surface area contributed by atoms with Crippen LogP contribution in [0.25, 0.3) is 0 Å². The maximum Gasteiger partial charge on any atom is 0.335 e. The molecule has 4 fully saturated rings. The molecule has 3 saturated carbocycles. The second-order valence-corrected chi connectivity index (χ2v) is 10.3. The molecule has 1 aromatic heterocycles. The molecule has 28 heavy (non-hydrogen) atoms. The SMILES string of the molecule is CC12CCC(=O)C=C1CCC1C2CCC2(C)C(c3ccc(=O)oc3)CC3OC312. The van der Waals surface area contributed by atoms with Crippen molar-refractivity contribution in [3.8, 4) is 0 Å². The second kappa shape index (κ2) is 5.27. The van der Waals surface area contributed by atoms with Crippen LogP contribution in [-0.4, -0.2) is 17.5 Å². The zero-order valence-electron chi connectivity index (χ0n) is 16.7. The fourth-order valence-corrected chi connectivity index (χ4v) is 8.06. The average molecular weight is 380 g/mol. The molecule has 4 nitrogen and oxygen atoms in total. The Labute approximate surface area is 165 Å². The van der Waals surface area contributed by atoms with E-state index in [0.717, 1.165) is 37.7 Å². The van der Waals surface area contributed by atoms with Gasteiger partial charge < -0.3 is 9.15 Å². The minimum Gasteiger partial charge on any atom is -0.431 e. The lowest BCUT2D eigenvalue weighted by Crippen LogP contribution is -2.56. The minimum absolute atomic E-state index is 0.0211. The van der Waals surface area contributed by atoms with Crippen LogP contribution >= 0.6 is 0 Å². The third-order valence-corrected chi connectivity index (χ3v) is 9.51. The van der Waals surface area contributed by atoms with Gasteiger partial charge >= 0.3 is 5.63 Å². The third kappa shape index (κ3) is 1.91. The molecule has 148 valence electrons. The largest absolute Gasteiger partial charge is 0.431 e. The number of epoxide rings is 1. The molecule has 1 spiro atoms. The molecule has 0 aromatic carbocycles. The predicted octanol–water partition coefficient (Wildman–Crippen LogP) is 4.39. The Bertz CT molecular complexity index is 939. The number of carbonyl (C=O) groups is 1. The summed E-state index contributed by atoms with van der Waals surface area (Å²) in [6.45, 7) is 4.83. The summed E-state index contributed by atoms with van der Waals surface area (Å²) in [6, 6.07) is 3.52. The molecule has 6 rings (SSSR count). The quantitative estimate of drug-likeness (QED) is 0.678. The van der Waals surface area contributed by atoms with Crippen molar-refractivity contribution in [2.24, 2.45) is 22.7 Å². The van der Waals surface area contributed by atoms with Crippen molar-refractivity contribution < 1.29 is 13.9 Å². The van der Waals surface area contributed by atoms with Crippen LogP contribution in [0.2, 0.25) is 0 Å². The van der Waals surface area contributed by atoms with Crippen molar-refractivity contribution in [3.05, 3.63) is 46.0 Å². The van der Waals surface area contributed by atoms with Gasteiger partial charge in [-0.1, -0.05) is 19.4 Å². The molecule has 7 atom stereocenters. The van der Waals surface area contributed by atoms with E-state index in [9.17, 15) is 9.59 Å². The third-order valence-electron chi connectivity index (χ3n) is 9.51. The number of ether oxygens (including phenoxy) is 1. The Kier molecular flexibility index (Phi) is 3.24. The van der Waals surface area contributed by atoms with E-state index in [1.54, 1.807) is 12.3 Å². The Hall–Kier alpha value is -1.68. The summed E-state index contributed by atoms with van der Waals surface area (Å²) in [4.78, 5) is 23.4. The average Bonchev–Trinajstić information content (AvgIpc) is 3.33. The topological polar surface area (TPSA) is 59.8 Å². The monoisotopic (exact) mass is 380 g/mol. The maximum atomic E-state index is 12.0. The molecular weight excluding hydrogens is 352 g/mol. The van der Waals surface area contributed by atoms with Gasteiger partial charge in [0.1, 0.15) is 5.60 Å². The molecule has 1 saturated heterocycles. The smallest absolute Gasteiger partial charge is 0.335 e. The van der Waals surface area contributed by atoms with Crippen LogP contribution in [-0.2, 0) is 9.53 Å². The van der Waals surface area contributed by atoms with Crippen molar-refractivity contribution in [3.63, 3.8) is 0 Å². The standard InChI is InChI=1S/C24H28O4/c1-22-9-7-16(25)11-15(22)4-5-18-17(22)8-10-23(2)19(12-20-24(18,23)28-20)14-3-6-21(26)27-13-14/h3,6,11,13,17-20H,4-5,7-10,12H2,1-2H3. The summed E-state index contributed by atoms with van der Waals surface area (Å²) < 4.78 is 11.8. The summed E-state index contributed by atoms with van der Waals surface area (Å²) in [7, 11) is 0. The Morgan fingerprint density at radius 1 is 1.04 bits per heavy atom. The van der Waals surface area contributed by atoms with Gasteiger partial charge in [0.15, 0.2) is 5.78 Å². The Morgan fingerprint density at radius 2 is 1.89 bits per heavy atom. The van der Waals surface area contributed by atoms with Crippen molar-refractivity contribution >= 4 is 5.78 Å². The highest BCUT2D eigenvalue weighted by Crippen LogP contribution is 2.77. The second-order valence-electron chi connectivity index (χ2n) is 10.3. The molecule has 2 heterocycles. The van der Waals surface area contributed by atoms with Gasteiger partial charge in [-0.3, -0.25) is 4.79 Å². The first-order chi connectivity index (χ1) is 13.4. The van der Waals surface area contributed by atoms with Gasteiger partial charge in [-0.25, -0.2) is 4.79 Å². The number of hydrogen-bond donors (Lipinski definition) is 0. The van der Waals surface area contributed by atoms with Crippen molar-refractivity contribution in [2.75, 3.05) is 0 Å². The van der Waals surface area contributed by atoms with E-state index >= 15 is 0 Å². The van der Waals surface area contributed by atoms with E-state index in [2.05, 4.69) is 13.8 Å². The van der Waals surface area contributed by atoms with Gasteiger partial charge in [-0.15, -0.1) is 0 Å². The van der Waals surface area contributed by atoms with Gasteiger partial charge in [0.05, 0.1) is 12.4 Å². The van der Waals surface area contributed by atoms with Gasteiger partial charge in [0.25, 0.3) is 0 Å². The Morgan fingerprint density at radius 3 is 2.68 bits per heavy atom. The van der Waals surface area contributed by atoms with Crippen LogP contribution in [0, 0.1) is 22.7 Å². The molecule has 0 N–H and O–H groups in total. The first-order valence-electron chi connectivity index (χ1n) is 10.9. The Balaban J connectivity index is 1.39. The lowest BCUT2D eigenvalue weighted by molar-refractivity contribution is -0.118. The lowest BCUT2D eigenvalue weighted by atomic mass is 9.46. The lowest BCUT2D eigenvalue weighted by Gasteiger charge is -2.58. The number of ketones is 1. The maximum absolute atomic E-state index is 12.0. The molecule has 0 radical (unpaired) electrons. The molecule has 5 aliphatic rings. The van der Waals surface area contributed by atoms with E-state index < -0.39 is 0 Å². The first kappa shape index (κ1) is 17.2. The summed E-state index contributed by atoms with van der Waals surface area (Å²) >= 11 is 0. The van der Waals surface area contributed by atoms with Crippen LogP contribution in [0.3, 0.4) is 0 Å². The summed E-state index contributed by atoms with van der Waals surface area (Å²) in [5.74, 6) is 1.91. The van der Waals surface area contributed by atoms with Crippen LogP contribution in [0.5, 0.6) is 0 Å². The molecule has 1 aliphatic heterocycles. The number of rotatable bonds is 1. The zero-order valence-corrected chi connectivity index (χ0v) is 16.7. The van der Waals surface area contributed by atoms with Gasteiger partial charge in [-0.05, 0) is 79.4 Å². The van der Waals surface area contributed by atoms with Crippen molar-refractivity contribution in [1.82, 2.24) is 0 Å².